The lowest BCUT2D eigenvalue weighted by atomic mass is 9.51. The Balaban J connectivity index is 1.65. The van der Waals surface area contributed by atoms with Crippen molar-refractivity contribution in [2.45, 2.75) is 51.2 Å². The number of hydrogen-bond acceptors (Lipinski definition) is 3. The van der Waals surface area contributed by atoms with Crippen LogP contribution in [0, 0.1) is 35.5 Å². The molecule has 3 N–H and O–H groups in total. The molecule has 0 bridgehead atoms. The minimum atomic E-state index is -0.773. The van der Waals surface area contributed by atoms with Gasteiger partial charge in [0.2, 0.25) is 0 Å². The van der Waals surface area contributed by atoms with Crippen molar-refractivity contribution < 1.29 is 20.1 Å². The summed E-state index contributed by atoms with van der Waals surface area (Å²) in [5.74, 6) is 6.23. The number of carboxylic acids is 1. The molecule has 4 heteroatoms. The molecule has 2 aliphatic rings. The number of hydrogen-bond donors (Lipinski definition) is 3. The molecule has 1 aromatic carbocycles. The average molecular weight is 368 g/mol. The van der Waals surface area contributed by atoms with Gasteiger partial charge in [0.15, 0.2) is 0 Å². The van der Waals surface area contributed by atoms with Gasteiger partial charge < -0.3 is 15.3 Å². The second-order valence-corrected chi connectivity index (χ2v) is 7.77. The van der Waals surface area contributed by atoms with Crippen LogP contribution in [0.3, 0.4) is 0 Å². The van der Waals surface area contributed by atoms with Crippen LogP contribution in [-0.4, -0.2) is 33.5 Å². The van der Waals surface area contributed by atoms with Crippen LogP contribution in [0.25, 0.3) is 0 Å². The molecule has 2 aliphatic carbocycles. The van der Waals surface area contributed by atoms with E-state index < -0.39 is 18.2 Å². The Morgan fingerprint density at radius 2 is 2.04 bits per heavy atom. The van der Waals surface area contributed by atoms with Crippen molar-refractivity contribution >= 4 is 5.97 Å². The first-order chi connectivity index (χ1) is 13.0. The highest BCUT2D eigenvalue weighted by atomic mass is 16.4. The lowest BCUT2D eigenvalue weighted by Gasteiger charge is -2.53. The zero-order valence-corrected chi connectivity index (χ0v) is 15.7. The highest BCUT2D eigenvalue weighted by molar-refractivity contribution is 5.66. The van der Waals surface area contributed by atoms with Gasteiger partial charge in [0.25, 0.3) is 0 Å². The summed E-state index contributed by atoms with van der Waals surface area (Å²) in [7, 11) is 0. The Morgan fingerprint density at radius 1 is 1.30 bits per heavy atom. The maximum absolute atomic E-state index is 10.7. The molecule has 2 fully saturated rings. The van der Waals surface area contributed by atoms with Gasteiger partial charge in [0.1, 0.15) is 6.10 Å². The van der Waals surface area contributed by atoms with Crippen molar-refractivity contribution in [1.82, 2.24) is 0 Å². The SMILES string of the molecule is CC1/C(=C/CCC(=O)O)[C@@H]2CC[C@H](O)[C@@H](C#CC(O)Cc3ccccc3)[C@H]12. The van der Waals surface area contributed by atoms with Crippen molar-refractivity contribution in [1.29, 1.82) is 0 Å². The van der Waals surface area contributed by atoms with Crippen LogP contribution in [0.5, 0.6) is 0 Å². The lowest BCUT2D eigenvalue weighted by molar-refractivity contribution is -0.136. The number of benzene rings is 1. The number of aliphatic carboxylic acids is 1. The van der Waals surface area contributed by atoms with Gasteiger partial charge in [-0.2, -0.15) is 0 Å². The topological polar surface area (TPSA) is 77.8 Å². The standard InChI is InChI=1S/C23H28O4/c1-15-18(8-5-9-22(26)27)19-12-13-21(25)20(23(15)19)11-10-17(24)14-16-6-3-2-4-7-16/h2-4,6-8,15,17,19-21,23-25H,5,9,12-14H2,1H3,(H,26,27)/b18-8-/t15?,17?,19-,20+,21-,23+/m0/s1. The fourth-order valence-corrected chi connectivity index (χ4v) is 4.69. The second kappa shape index (κ2) is 8.73. The third kappa shape index (κ3) is 4.61. The molecule has 2 unspecified atom stereocenters. The van der Waals surface area contributed by atoms with Crippen LogP contribution < -0.4 is 0 Å². The number of carbonyl (C=O) groups is 1. The maximum Gasteiger partial charge on any atom is 0.303 e. The molecule has 2 saturated carbocycles. The zero-order valence-electron chi connectivity index (χ0n) is 15.7. The molecular weight excluding hydrogens is 340 g/mol. The van der Waals surface area contributed by atoms with E-state index in [-0.39, 0.29) is 12.3 Å². The summed E-state index contributed by atoms with van der Waals surface area (Å²) >= 11 is 0. The van der Waals surface area contributed by atoms with Crippen LogP contribution in [0.4, 0.5) is 0 Å². The summed E-state index contributed by atoms with van der Waals surface area (Å²) in [6.45, 7) is 2.14. The van der Waals surface area contributed by atoms with Gasteiger partial charge >= 0.3 is 5.97 Å². The predicted octanol–water partition coefficient (Wildman–Crippen LogP) is 3.04. The second-order valence-electron chi connectivity index (χ2n) is 7.77. The Hall–Kier alpha value is -2.09. The van der Waals surface area contributed by atoms with E-state index in [0.717, 1.165) is 12.0 Å². The number of aliphatic hydroxyl groups excluding tert-OH is 2. The molecule has 0 saturated heterocycles. The van der Waals surface area contributed by atoms with Gasteiger partial charge in [-0.25, -0.2) is 0 Å². The van der Waals surface area contributed by atoms with Crippen molar-refractivity contribution in [3.63, 3.8) is 0 Å². The largest absolute Gasteiger partial charge is 0.481 e. The molecule has 0 amide bonds. The van der Waals surface area contributed by atoms with Gasteiger partial charge in [-0.15, -0.1) is 0 Å². The summed E-state index contributed by atoms with van der Waals surface area (Å²) in [5, 5.41) is 29.5. The fourth-order valence-electron chi connectivity index (χ4n) is 4.69. The summed E-state index contributed by atoms with van der Waals surface area (Å²) in [6, 6.07) is 9.77. The molecule has 0 aromatic heterocycles. The number of carboxylic acid groups (broad SMARTS) is 1. The highest BCUT2D eigenvalue weighted by Crippen LogP contribution is 2.55. The predicted molar refractivity (Wildman–Crippen MR) is 104 cm³/mol. The molecule has 1 aromatic rings. The van der Waals surface area contributed by atoms with Gasteiger partial charge in [-0.05, 0) is 42.6 Å². The molecule has 6 atom stereocenters. The monoisotopic (exact) mass is 368 g/mol. The van der Waals surface area contributed by atoms with Crippen LogP contribution in [-0.2, 0) is 11.2 Å². The Labute approximate surface area is 160 Å². The number of aliphatic hydroxyl groups is 2. The van der Waals surface area contributed by atoms with Gasteiger partial charge in [0, 0.05) is 12.8 Å². The smallest absolute Gasteiger partial charge is 0.303 e. The summed E-state index contributed by atoms with van der Waals surface area (Å²) in [6.07, 6.45) is 3.73. The van der Waals surface area contributed by atoms with Crippen molar-refractivity contribution in [2.24, 2.45) is 23.7 Å². The van der Waals surface area contributed by atoms with Crippen molar-refractivity contribution in [3.8, 4) is 11.8 Å². The number of allylic oxidation sites excluding steroid dienone is 2. The Bertz CT molecular complexity index is 743. The molecule has 3 rings (SSSR count). The van der Waals surface area contributed by atoms with Crippen LogP contribution >= 0.6 is 0 Å². The molecule has 0 heterocycles. The van der Waals surface area contributed by atoms with Crippen LogP contribution in [0.1, 0.15) is 38.2 Å². The van der Waals surface area contributed by atoms with E-state index in [2.05, 4.69) is 24.8 Å². The number of fused-ring (bicyclic) bond motifs is 1. The Morgan fingerprint density at radius 3 is 2.74 bits per heavy atom. The maximum atomic E-state index is 10.7. The zero-order chi connectivity index (χ0) is 19.4. The minimum Gasteiger partial charge on any atom is -0.481 e. The normalized spacial score (nSPS) is 32.0. The Kier molecular flexibility index (Phi) is 6.36. The molecule has 0 aliphatic heterocycles. The highest BCUT2D eigenvalue weighted by Gasteiger charge is 2.50. The van der Waals surface area contributed by atoms with E-state index in [9.17, 15) is 15.0 Å². The summed E-state index contributed by atoms with van der Waals surface area (Å²) in [5.41, 5.74) is 2.37. The van der Waals surface area contributed by atoms with E-state index in [0.29, 0.717) is 37.0 Å². The van der Waals surface area contributed by atoms with Gasteiger partial charge in [-0.3, -0.25) is 4.79 Å². The summed E-state index contributed by atoms with van der Waals surface area (Å²) < 4.78 is 0. The first kappa shape index (κ1) is 19.7. The lowest BCUT2D eigenvalue weighted by Crippen LogP contribution is -2.50. The van der Waals surface area contributed by atoms with E-state index in [1.165, 1.54) is 5.57 Å². The van der Waals surface area contributed by atoms with Gasteiger partial charge in [-0.1, -0.05) is 60.7 Å². The molecule has 0 radical (unpaired) electrons. The van der Waals surface area contributed by atoms with Crippen LogP contribution in [0.2, 0.25) is 0 Å². The minimum absolute atomic E-state index is 0.124. The molecule has 0 spiro atoms. The van der Waals surface area contributed by atoms with Crippen LogP contribution in [0.15, 0.2) is 42.0 Å². The third-order valence-electron chi connectivity index (χ3n) is 6.03. The third-order valence-corrected chi connectivity index (χ3v) is 6.03. The van der Waals surface area contributed by atoms with E-state index >= 15 is 0 Å². The van der Waals surface area contributed by atoms with Crippen molar-refractivity contribution in [3.05, 3.63) is 47.5 Å². The van der Waals surface area contributed by atoms with Crippen molar-refractivity contribution in [2.75, 3.05) is 0 Å². The van der Waals surface area contributed by atoms with E-state index in [1.807, 2.05) is 30.3 Å². The van der Waals surface area contributed by atoms with Gasteiger partial charge in [0.05, 0.1) is 12.0 Å². The van der Waals surface area contributed by atoms with E-state index in [4.69, 9.17) is 5.11 Å². The molecule has 27 heavy (non-hydrogen) atoms. The number of rotatable bonds is 5. The first-order valence-electron chi connectivity index (χ1n) is 9.80. The molecule has 4 nitrogen and oxygen atoms in total. The molecular formula is C23H28O4. The fraction of sp³-hybridized carbons (Fsp3) is 0.522. The summed E-state index contributed by atoms with van der Waals surface area (Å²) in [4.78, 5) is 10.7. The average Bonchev–Trinajstić information content (AvgIpc) is 2.64. The van der Waals surface area contributed by atoms with E-state index in [1.54, 1.807) is 0 Å². The molecule has 144 valence electrons. The first-order valence-corrected chi connectivity index (χ1v) is 9.80. The quantitative estimate of drug-likeness (QED) is 0.551.